The number of unbranched alkanes of at least 4 members (excludes halogenated alkanes) is 3. The predicted octanol–water partition coefficient (Wildman–Crippen LogP) is 2.86. The molecule has 0 spiro atoms. The van der Waals surface area contributed by atoms with Crippen molar-refractivity contribution in [1.29, 1.82) is 0 Å². The molecular formula is C18H33IN4O2S. The van der Waals surface area contributed by atoms with E-state index in [0.29, 0.717) is 19.0 Å². The Balaban J connectivity index is 0.00000625. The Hall–Kier alpha value is -0.870. The maximum Gasteiger partial charge on any atom is 0.213 e. The molecule has 0 amide bonds. The van der Waals surface area contributed by atoms with Crippen molar-refractivity contribution < 1.29 is 8.42 Å². The Bertz CT molecular complexity index is 594. The van der Waals surface area contributed by atoms with Gasteiger partial charge in [0.2, 0.25) is 10.0 Å². The summed E-state index contributed by atoms with van der Waals surface area (Å²) in [6.45, 7) is 6.32. The molecule has 6 nitrogen and oxygen atoms in total. The number of halogens is 1. The summed E-state index contributed by atoms with van der Waals surface area (Å²) < 4.78 is 26.7. The van der Waals surface area contributed by atoms with Crippen LogP contribution >= 0.6 is 24.0 Å². The van der Waals surface area contributed by atoms with Gasteiger partial charge in [-0.3, -0.25) is 4.99 Å². The van der Waals surface area contributed by atoms with Gasteiger partial charge in [-0.05, 0) is 18.9 Å². The van der Waals surface area contributed by atoms with Crippen LogP contribution < -0.4 is 15.4 Å². The van der Waals surface area contributed by atoms with Crippen molar-refractivity contribution in [3.05, 3.63) is 35.9 Å². The van der Waals surface area contributed by atoms with Gasteiger partial charge in [0.15, 0.2) is 5.96 Å². The van der Waals surface area contributed by atoms with Crippen LogP contribution in [0.15, 0.2) is 35.3 Å². The van der Waals surface area contributed by atoms with E-state index in [4.69, 9.17) is 0 Å². The molecule has 0 aromatic heterocycles. The van der Waals surface area contributed by atoms with Crippen LogP contribution in [-0.2, 0) is 16.6 Å². The number of rotatable bonds is 12. The van der Waals surface area contributed by atoms with Crippen molar-refractivity contribution >= 4 is 40.0 Å². The minimum Gasteiger partial charge on any atom is -0.357 e. The van der Waals surface area contributed by atoms with Crippen LogP contribution in [0.4, 0.5) is 0 Å². The third kappa shape index (κ3) is 12.5. The summed E-state index contributed by atoms with van der Waals surface area (Å²) in [5.74, 6) is 0.692. The average Bonchev–Trinajstić information content (AvgIpc) is 2.60. The highest BCUT2D eigenvalue weighted by atomic mass is 127. The van der Waals surface area contributed by atoms with Crippen LogP contribution in [-0.4, -0.2) is 39.8 Å². The molecule has 26 heavy (non-hydrogen) atoms. The first-order chi connectivity index (χ1) is 12.1. The summed E-state index contributed by atoms with van der Waals surface area (Å²) in [4.78, 5) is 4.48. The largest absolute Gasteiger partial charge is 0.357 e. The topological polar surface area (TPSA) is 82.6 Å². The number of benzene rings is 1. The molecule has 1 aromatic carbocycles. The van der Waals surface area contributed by atoms with E-state index in [1.807, 2.05) is 37.3 Å². The van der Waals surface area contributed by atoms with Crippen molar-refractivity contribution in [2.24, 2.45) is 4.99 Å². The second-order valence-corrected chi connectivity index (χ2v) is 7.80. The molecule has 0 atom stereocenters. The van der Waals surface area contributed by atoms with Gasteiger partial charge in [0.1, 0.15) is 0 Å². The van der Waals surface area contributed by atoms with E-state index in [1.165, 1.54) is 19.3 Å². The van der Waals surface area contributed by atoms with Crippen LogP contribution in [0.3, 0.4) is 0 Å². The summed E-state index contributed by atoms with van der Waals surface area (Å²) in [6, 6.07) is 9.49. The molecule has 3 N–H and O–H groups in total. The van der Waals surface area contributed by atoms with Crippen molar-refractivity contribution in [3.8, 4) is 0 Å². The summed E-state index contributed by atoms with van der Waals surface area (Å²) in [6.07, 6.45) is 4.67. The molecule has 0 aliphatic heterocycles. The van der Waals surface area contributed by atoms with E-state index in [2.05, 4.69) is 27.3 Å². The zero-order valence-corrected chi connectivity index (χ0v) is 19.0. The van der Waals surface area contributed by atoms with Crippen molar-refractivity contribution in [2.45, 2.75) is 46.1 Å². The molecular weight excluding hydrogens is 463 g/mol. The van der Waals surface area contributed by atoms with Crippen LogP contribution in [0.1, 0.15) is 45.1 Å². The van der Waals surface area contributed by atoms with Gasteiger partial charge in [-0.25, -0.2) is 13.1 Å². The highest BCUT2D eigenvalue weighted by Gasteiger charge is 2.10. The van der Waals surface area contributed by atoms with E-state index in [1.54, 1.807) is 0 Å². The fourth-order valence-electron chi connectivity index (χ4n) is 2.24. The monoisotopic (exact) mass is 496 g/mol. The van der Waals surface area contributed by atoms with Gasteiger partial charge in [0.05, 0.1) is 5.75 Å². The lowest BCUT2D eigenvalue weighted by Gasteiger charge is -2.12. The second-order valence-electron chi connectivity index (χ2n) is 5.87. The minimum atomic E-state index is -3.32. The van der Waals surface area contributed by atoms with Crippen molar-refractivity contribution in [2.75, 3.05) is 25.4 Å². The maximum absolute atomic E-state index is 12.1. The Kier molecular flexibility index (Phi) is 14.7. The molecule has 0 aliphatic rings. The van der Waals surface area contributed by atoms with Gasteiger partial charge >= 0.3 is 0 Å². The van der Waals surface area contributed by atoms with Gasteiger partial charge in [-0.15, -0.1) is 24.0 Å². The van der Waals surface area contributed by atoms with Gasteiger partial charge in [-0.1, -0.05) is 56.5 Å². The Morgan fingerprint density at radius 1 is 1.04 bits per heavy atom. The molecule has 0 fully saturated rings. The quantitative estimate of drug-likeness (QED) is 0.180. The molecule has 0 saturated carbocycles. The van der Waals surface area contributed by atoms with E-state index >= 15 is 0 Å². The standard InChI is InChI=1S/C18H32N4O2S.HI/c1-3-5-6-10-13-20-18(19-4-2)21-14-15-25(23,24)22-16-17-11-8-7-9-12-17;/h7-9,11-12,22H,3-6,10,13-16H2,1-2H3,(H2,19,20,21);1H. The van der Waals surface area contributed by atoms with Crippen LogP contribution in [0.2, 0.25) is 0 Å². The fraction of sp³-hybridized carbons (Fsp3) is 0.611. The number of hydrogen-bond acceptors (Lipinski definition) is 3. The van der Waals surface area contributed by atoms with Crippen LogP contribution in [0, 0.1) is 0 Å². The fourth-order valence-corrected chi connectivity index (χ4v) is 3.14. The number of hydrogen-bond donors (Lipinski definition) is 3. The van der Waals surface area contributed by atoms with Crippen LogP contribution in [0.5, 0.6) is 0 Å². The molecule has 1 aromatic rings. The lowest BCUT2D eigenvalue weighted by Crippen LogP contribution is -2.41. The summed E-state index contributed by atoms with van der Waals surface area (Å²) in [5.41, 5.74) is 0.945. The zero-order valence-electron chi connectivity index (χ0n) is 15.8. The van der Waals surface area contributed by atoms with Gasteiger partial charge in [-0.2, -0.15) is 0 Å². The van der Waals surface area contributed by atoms with Gasteiger partial charge in [0.25, 0.3) is 0 Å². The minimum absolute atomic E-state index is 0. The first-order valence-corrected chi connectivity index (χ1v) is 10.8. The van der Waals surface area contributed by atoms with E-state index < -0.39 is 10.0 Å². The highest BCUT2D eigenvalue weighted by Crippen LogP contribution is 1.99. The second kappa shape index (κ2) is 15.2. The predicted molar refractivity (Wildman–Crippen MR) is 121 cm³/mol. The molecule has 0 unspecified atom stereocenters. The van der Waals surface area contributed by atoms with Crippen molar-refractivity contribution in [3.63, 3.8) is 0 Å². The van der Waals surface area contributed by atoms with Crippen LogP contribution in [0.25, 0.3) is 0 Å². The molecule has 0 heterocycles. The molecule has 0 aliphatic carbocycles. The lowest BCUT2D eigenvalue weighted by atomic mass is 10.2. The number of aliphatic imine (C=N–C) groups is 1. The third-order valence-corrected chi connectivity index (χ3v) is 4.95. The van der Waals surface area contributed by atoms with Gasteiger partial charge < -0.3 is 10.6 Å². The Labute approximate surface area is 175 Å². The number of sulfonamides is 1. The van der Waals surface area contributed by atoms with Gasteiger partial charge in [0, 0.05) is 26.2 Å². The first kappa shape index (κ1) is 25.1. The third-order valence-electron chi connectivity index (χ3n) is 3.63. The molecule has 8 heteroatoms. The summed E-state index contributed by atoms with van der Waals surface area (Å²) in [7, 11) is -3.32. The molecule has 150 valence electrons. The zero-order chi connectivity index (χ0) is 18.4. The molecule has 0 saturated heterocycles. The van der Waals surface area contributed by atoms with Crippen molar-refractivity contribution in [1.82, 2.24) is 15.4 Å². The van der Waals surface area contributed by atoms with E-state index in [-0.39, 0.29) is 29.7 Å². The number of guanidine groups is 1. The molecule has 0 radical (unpaired) electrons. The molecule has 1 rings (SSSR count). The highest BCUT2D eigenvalue weighted by molar-refractivity contribution is 14.0. The Morgan fingerprint density at radius 3 is 2.42 bits per heavy atom. The summed E-state index contributed by atoms with van der Waals surface area (Å²) >= 11 is 0. The average molecular weight is 496 g/mol. The molecule has 0 bridgehead atoms. The van der Waals surface area contributed by atoms with E-state index in [9.17, 15) is 8.42 Å². The maximum atomic E-state index is 12.1. The van der Waals surface area contributed by atoms with E-state index in [0.717, 1.165) is 25.1 Å². The number of nitrogens with zero attached hydrogens (tertiary/aromatic N) is 1. The smallest absolute Gasteiger partial charge is 0.213 e. The summed E-state index contributed by atoms with van der Waals surface area (Å²) in [5, 5.41) is 6.23. The number of nitrogens with one attached hydrogen (secondary N) is 3. The SMILES string of the molecule is CCCCCCN=C(NCC)NCCS(=O)(=O)NCc1ccccc1.I. The normalized spacial score (nSPS) is 11.7. The lowest BCUT2D eigenvalue weighted by molar-refractivity contribution is 0.580. The first-order valence-electron chi connectivity index (χ1n) is 9.11. The Morgan fingerprint density at radius 2 is 1.77 bits per heavy atom.